The van der Waals surface area contributed by atoms with Gasteiger partial charge in [0.25, 0.3) is 0 Å². The fourth-order valence-electron chi connectivity index (χ4n) is 3.58. The molecule has 0 saturated carbocycles. The van der Waals surface area contributed by atoms with Crippen LogP contribution in [-0.2, 0) is 13.2 Å². The Morgan fingerprint density at radius 2 is 1.88 bits per heavy atom. The highest BCUT2D eigenvalue weighted by Crippen LogP contribution is 2.31. The van der Waals surface area contributed by atoms with Gasteiger partial charge in [-0.3, -0.25) is 0 Å². The molecule has 1 heterocycles. The third-order valence-corrected chi connectivity index (χ3v) is 5.68. The number of aliphatic hydroxyl groups excluding tert-OH is 1. The van der Waals surface area contributed by atoms with E-state index in [1.54, 1.807) is 11.8 Å². The summed E-state index contributed by atoms with van der Waals surface area (Å²) in [5, 5.41) is 18.1. The van der Waals surface area contributed by atoms with Gasteiger partial charge in [0.15, 0.2) is 11.5 Å². The molecule has 0 spiro atoms. The highest BCUT2D eigenvalue weighted by molar-refractivity contribution is 6.30. The molecule has 0 fully saturated rings. The van der Waals surface area contributed by atoms with Gasteiger partial charge >= 0.3 is 0 Å². The fraction of sp³-hybridized carbons (Fsp3) is 0.400. The summed E-state index contributed by atoms with van der Waals surface area (Å²) in [6, 6.07) is 15.7. The van der Waals surface area contributed by atoms with Crippen LogP contribution in [0.4, 0.5) is 0 Å². The smallest absolute Gasteiger partial charge is 0.161 e. The molecule has 0 saturated heterocycles. The molecule has 0 bridgehead atoms. The number of hydrogen-bond acceptors (Lipinski definition) is 5. The number of methoxy groups -OCH3 is 1. The van der Waals surface area contributed by atoms with Crippen LogP contribution in [0.15, 0.2) is 48.5 Å². The Morgan fingerprint density at radius 1 is 1.12 bits per heavy atom. The van der Waals surface area contributed by atoms with E-state index in [0.717, 1.165) is 28.9 Å². The second-order valence-electron chi connectivity index (χ2n) is 8.27. The average molecular weight is 458 g/mol. The molecule has 0 amide bonds. The molecule has 3 aromatic rings. The number of nitrogens with zero attached hydrogens (tertiary/aromatic N) is 2. The quantitative estimate of drug-likeness (QED) is 0.427. The largest absolute Gasteiger partial charge is 0.493 e. The first kappa shape index (κ1) is 24.1. The number of nitrogens with one attached hydrogen (secondary N) is 1. The molecule has 1 atom stereocenters. The molecular formula is C25H32ClN3O3. The minimum Gasteiger partial charge on any atom is -0.493 e. The molecule has 0 aliphatic carbocycles. The van der Waals surface area contributed by atoms with Crippen LogP contribution in [-0.4, -0.2) is 34.6 Å². The van der Waals surface area contributed by atoms with E-state index in [1.807, 2.05) is 55.5 Å². The van der Waals surface area contributed by atoms with Gasteiger partial charge < -0.3 is 19.9 Å². The molecule has 2 aromatic carbocycles. The average Bonchev–Trinajstić information content (AvgIpc) is 3.09. The minimum absolute atomic E-state index is 0.0724. The summed E-state index contributed by atoms with van der Waals surface area (Å²) in [6.45, 7) is 7.27. The molecule has 1 aromatic heterocycles. The highest BCUT2D eigenvalue weighted by atomic mass is 35.5. The molecule has 0 unspecified atom stereocenters. The van der Waals surface area contributed by atoms with E-state index in [2.05, 4.69) is 24.3 Å². The zero-order chi connectivity index (χ0) is 23.1. The molecule has 32 heavy (non-hydrogen) atoms. The van der Waals surface area contributed by atoms with Gasteiger partial charge in [-0.15, -0.1) is 0 Å². The van der Waals surface area contributed by atoms with Crippen LogP contribution in [0.2, 0.25) is 5.15 Å². The van der Waals surface area contributed by atoms with E-state index in [4.69, 9.17) is 21.1 Å². The van der Waals surface area contributed by atoms with Crippen molar-refractivity contribution < 1.29 is 14.6 Å². The summed E-state index contributed by atoms with van der Waals surface area (Å²) in [6.07, 6.45) is 0.922. The van der Waals surface area contributed by atoms with Gasteiger partial charge in [-0.25, -0.2) is 4.68 Å². The zero-order valence-corrected chi connectivity index (χ0v) is 19.9. The monoisotopic (exact) mass is 457 g/mol. The fourth-order valence-corrected chi connectivity index (χ4v) is 3.91. The van der Waals surface area contributed by atoms with E-state index in [9.17, 15) is 5.11 Å². The van der Waals surface area contributed by atoms with Crippen molar-refractivity contribution in [2.75, 3.05) is 13.7 Å². The number of halogens is 1. The summed E-state index contributed by atoms with van der Waals surface area (Å²) in [5.74, 6) is 1.81. The van der Waals surface area contributed by atoms with Crippen molar-refractivity contribution in [3.05, 3.63) is 70.5 Å². The van der Waals surface area contributed by atoms with Crippen molar-refractivity contribution in [2.45, 2.75) is 46.4 Å². The van der Waals surface area contributed by atoms with Crippen LogP contribution in [0.25, 0.3) is 5.69 Å². The molecule has 0 aliphatic heterocycles. The van der Waals surface area contributed by atoms with Gasteiger partial charge in [0.05, 0.1) is 25.1 Å². The Morgan fingerprint density at radius 3 is 2.53 bits per heavy atom. The van der Waals surface area contributed by atoms with E-state index in [-0.39, 0.29) is 19.3 Å². The predicted molar refractivity (Wildman–Crippen MR) is 128 cm³/mol. The molecule has 3 rings (SSSR count). The third kappa shape index (κ3) is 6.03. The molecule has 6 nitrogen and oxygen atoms in total. The van der Waals surface area contributed by atoms with Crippen molar-refractivity contribution in [1.29, 1.82) is 0 Å². The van der Waals surface area contributed by atoms with E-state index in [0.29, 0.717) is 29.1 Å². The van der Waals surface area contributed by atoms with Crippen LogP contribution in [0.5, 0.6) is 11.5 Å². The maximum atomic E-state index is 9.57. The number of para-hydroxylation sites is 1. The molecule has 0 aliphatic rings. The lowest BCUT2D eigenvalue weighted by Crippen LogP contribution is -2.33. The summed E-state index contributed by atoms with van der Waals surface area (Å²) in [4.78, 5) is 0. The van der Waals surface area contributed by atoms with E-state index in [1.165, 1.54) is 0 Å². The molecule has 7 heteroatoms. The lowest BCUT2D eigenvalue weighted by molar-refractivity contribution is 0.223. The minimum atomic E-state index is 0.0724. The van der Waals surface area contributed by atoms with Crippen LogP contribution >= 0.6 is 11.6 Å². The number of rotatable bonds is 11. The Hall–Kier alpha value is -2.54. The normalized spacial score (nSPS) is 12.2. The highest BCUT2D eigenvalue weighted by Gasteiger charge is 2.16. The number of aryl methyl sites for hydroxylation is 1. The first-order valence-electron chi connectivity index (χ1n) is 10.9. The molecule has 172 valence electrons. The van der Waals surface area contributed by atoms with Gasteiger partial charge in [0, 0.05) is 18.2 Å². The van der Waals surface area contributed by atoms with Crippen molar-refractivity contribution >= 4 is 11.6 Å². The van der Waals surface area contributed by atoms with Crippen molar-refractivity contribution in [2.24, 2.45) is 5.92 Å². The van der Waals surface area contributed by atoms with E-state index >= 15 is 0 Å². The summed E-state index contributed by atoms with van der Waals surface area (Å²) in [7, 11) is 1.63. The Labute approximate surface area is 195 Å². The van der Waals surface area contributed by atoms with Gasteiger partial charge in [-0.05, 0) is 49.1 Å². The summed E-state index contributed by atoms with van der Waals surface area (Å²) >= 11 is 6.61. The number of hydrogen-bond donors (Lipinski definition) is 2. The maximum Gasteiger partial charge on any atom is 0.161 e. The second kappa shape index (κ2) is 11.4. The van der Waals surface area contributed by atoms with Crippen LogP contribution in [0, 0.1) is 12.8 Å². The van der Waals surface area contributed by atoms with Gasteiger partial charge in [-0.1, -0.05) is 49.7 Å². The van der Waals surface area contributed by atoms with Crippen LogP contribution in [0.3, 0.4) is 0 Å². The number of aromatic nitrogens is 2. The Balaban J connectivity index is 1.69. The van der Waals surface area contributed by atoms with Gasteiger partial charge in [0.2, 0.25) is 0 Å². The van der Waals surface area contributed by atoms with Crippen molar-refractivity contribution in [3.63, 3.8) is 0 Å². The lowest BCUT2D eigenvalue weighted by atomic mass is 10.0. The first-order chi connectivity index (χ1) is 15.4. The topological polar surface area (TPSA) is 68.5 Å². The van der Waals surface area contributed by atoms with E-state index < -0.39 is 0 Å². The maximum absolute atomic E-state index is 9.57. The SMILES string of the molecule is COc1cc(CN[C@H](CO)CC(C)C)ccc1OCc1c(C)nn(-c2ccccc2)c1Cl. The summed E-state index contributed by atoms with van der Waals surface area (Å²) < 4.78 is 13.3. The van der Waals surface area contributed by atoms with Gasteiger partial charge in [-0.2, -0.15) is 5.10 Å². The second-order valence-corrected chi connectivity index (χ2v) is 8.62. The molecular weight excluding hydrogens is 426 g/mol. The molecule has 2 N–H and O–H groups in total. The molecule has 0 radical (unpaired) electrons. The zero-order valence-electron chi connectivity index (χ0n) is 19.1. The third-order valence-electron chi connectivity index (χ3n) is 5.29. The Kier molecular flexibility index (Phi) is 8.56. The standard InChI is InChI=1S/C25H32ClN3O3/c1-17(2)12-20(15-30)27-14-19-10-11-23(24(13-19)31-4)32-16-22-18(3)28-29(25(22)26)21-8-6-5-7-9-21/h5-11,13,17,20,27,30H,12,14-16H2,1-4H3/t20-/m0/s1. The van der Waals surface area contributed by atoms with Crippen LogP contribution < -0.4 is 14.8 Å². The van der Waals surface area contributed by atoms with Gasteiger partial charge in [0.1, 0.15) is 11.8 Å². The number of benzene rings is 2. The predicted octanol–water partition coefficient (Wildman–Crippen LogP) is 4.92. The van der Waals surface area contributed by atoms with Crippen molar-refractivity contribution in [1.82, 2.24) is 15.1 Å². The van der Waals surface area contributed by atoms with Crippen molar-refractivity contribution in [3.8, 4) is 17.2 Å². The summed E-state index contributed by atoms with van der Waals surface area (Å²) in [5.41, 5.74) is 3.61. The number of aliphatic hydroxyl groups is 1. The number of ether oxygens (including phenoxy) is 2. The Bertz CT molecular complexity index is 1010. The van der Waals surface area contributed by atoms with Crippen LogP contribution in [0.1, 0.15) is 37.1 Å². The lowest BCUT2D eigenvalue weighted by Gasteiger charge is -2.19. The first-order valence-corrected chi connectivity index (χ1v) is 11.2.